The van der Waals surface area contributed by atoms with Crippen molar-refractivity contribution in [3.8, 4) is 0 Å². The molecule has 6 heterocycles. The molecule has 480 valence electrons. The Morgan fingerprint density at radius 3 is 1.26 bits per heavy atom. The Balaban J connectivity index is 0.000000481. The second-order valence-electron chi connectivity index (χ2n) is 28.9. The van der Waals surface area contributed by atoms with E-state index in [0.29, 0.717) is 0 Å². The van der Waals surface area contributed by atoms with Crippen LogP contribution in [0.25, 0.3) is 0 Å². The highest BCUT2D eigenvalue weighted by Gasteiger charge is 2.44. The molecule has 6 aliphatic heterocycles. The molecule has 80 heavy (non-hydrogen) atoms. The minimum absolute atomic E-state index is 0.757. The van der Waals surface area contributed by atoms with Crippen LogP contribution in [0.15, 0.2) is 0 Å². The van der Waals surface area contributed by atoms with Gasteiger partial charge in [-0.2, -0.15) is 0 Å². The van der Waals surface area contributed by atoms with E-state index in [9.17, 15) is 0 Å². The SMILES string of the molecule is CCCC1CN(C(C)CC)C[N@+]1(C)CC.CCCC1C[N@@+](C)(CC)CN1C(C)CC.CCCN1CC(C)[N@@+](C)(CC)C1.CCCN1CC(CC)[N@@+](C)(CC)C1.CCCN1C[N@+](C)(CC)CC1C.CCCN1C[N@+](C)(CC)CC1CC. The predicted molar refractivity (Wildman–Crippen MR) is 354 cm³/mol. The van der Waals surface area contributed by atoms with Crippen LogP contribution >= 0.6 is 0 Å². The Morgan fingerprint density at radius 2 is 0.838 bits per heavy atom. The van der Waals surface area contributed by atoms with Gasteiger partial charge in [0.2, 0.25) is 0 Å². The van der Waals surface area contributed by atoms with E-state index < -0.39 is 0 Å². The van der Waals surface area contributed by atoms with Crippen LogP contribution in [0.4, 0.5) is 0 Å². The van der Waals surface area contributed by atoms with Gasteiger partial charge in [0.25, 0.3) is 0 Å². The van der Waals surface area contributed by atoms with Crippen LogP contribution in [0.5, 0.6) is 0 Å². The van der Waals surface area contributed by atoms with E-state index in [1.54, 1.807) is 0 Å². The zero-order valence-corrected chi connectivity index (χ0v) is 60.0. The zero-order chi connectivity index (χ0) is 61.1. The Hall–Kier alpha value is -0.480. The number of nitrogens with zero attached hydrogens (tertiary/aromatic N) is 12. The molecule has 6 aliphatic rings. The molecule has 0 aromatic carbocycles. The van der Waals surface area contributed by atoms with E-state index in [0.717, 1.165) is 48.3 Å². The van der Waals surface area contributed by atoms with Gasteiger partial charge < -0.3 is 26.9 Å². The summed E-state index contributed by atoms with van der Waals surface area (Å²) in [6, 6.07) is 6.53. The summed E-state index contributed by atoms with van der Waals surface area (Å²) in [5.74, 6) is 0. The summed E-state index contributed by atoms with van der Waals surface area (Å²) < 4.78 is 7.49. The van der Waals surface area contributed by atoms with Gasteiger partial charge in [-0.05, 0) is 127 Å². The average molecular weight is 1140 g/mol. The summed E-state index contributed by atoms with van der Waals surface area (Å²) in [5, 5.41) is 0. The highest BCUT2D eigenvalue weighted by atomic mass is 15.5. The van der Waals surface area contributed by atoms with Crippen molar-refractivity contribution in [1.82, 2.24) is 29.4 Å². The van der Waals surface area contributed by atoms with Crippen LogP contribution in [0.1, 0.15) is 216 Å². The molecule has 0 N–H and O–H groups in total. The van der Waals surface area contributed by atoms with Crippen molar-refractivity contribution in [2.75, 3.05) is 187 Å². The molecule has 6 fully saturated rings. The highest BCUT2D eigenvalue weighted by molar-refractivity contribution is 4.80. The van der Waals surface area contributed by atoms with Gasteiger partial charge in [0.15, 0.2) is 0 Å². The fourth-order valence-corrected chi connectivity index (χ4v) is 14.7. The molecule has 0 bridgehead atoms. The summed E-state index contributed by atoms with van der Waals surface area (Å²) in [6.45, 7) is 74.6. The van der Waals surface area contributed by atoms with E-state index in [-0.39, 0.29) is 0 Å². The topological polar surface area (TPSA) is 19.4 Å². The molecular formula is C68H154N12+6. The van der Waals surface area contributed by atoms with Gasteiger partial charge >= 0.3 is 0 Å². The Bertz CT molecular complexity index is 1570. The van der Waals surface area contributed by atoms with Crippen LogP contribution < -0.4 is 0 Å². The lowest BCUT2D eigenvalue weighted by Gasteiger charge is -2.34. The Kier molecular flexibility index (Phi) is 36.8. The number of hydrogen-bond acceptors (Lipinski definition) is 6. The molecule has 0 amide bonds. The molecule has 12 nitrogen and oxygen atoms in total. The van der Waals surface area contributed by atoms with Crippen molar-refractivity contribution in [2.45, 2.75) is 264 Å². The maximum atomic E-state index is 2.74. The Labute approximate surface area is 505 Å². The van der Waals surface area contributed by atoms with Gasteiger partial charge in [0.1, 0.15) is 58.1 Å². The first kappa shape index (κ1) is 77.5. The molecule has 0 saturated carbocycles. The summed E-state index contributed by atoms with van der Waals surface area (Å²) in [4.78, 5) is 15.9. The normalized spacial score (nSPS) is 35.8. The maximum Gasteiger partial charge on any atom is 0.135 e. The van der Waals surface area contributed by atoms with Crippen LogP contribution in [-0.4, -0.2) is 292 Å². The summed E-state index contributed by atoms with van der Waals surface area (Å²) in [7, 11) is 14.4. The largest absolute Gasteiger partial charge is 0.312 e. The van der Waals surface area contributed by atoms with Gasteiger partial charge in [-0.1, -0.05) is 82.1 Å². The van der Waals surface area contributed by atoms with Crippen molar-refractivity contribution >= 4 is 0 Å². The highest BCUT2D eigenvalue weighted by Crippen LogP contribution is 2.29. The molecule has 0 spiro atoms. The van der Waals surface area contributed by atoms with Gasteiger partial charge in [0, 0.05) is 44.7 Å². The minimum atomic E-state index is 0.757. The Morgan fingerprint density at radius 1 is 0.388 bits per heavy atom. The van der Waals surface area contributed by atoms with Gasteiger partial charge in [-0.25, -0.2) is 19.6 Å². The van der Waals surface area contributed by atoms with E-state index in [1.165, 1.54) is 249 Å². The number of rotatable bonds is 24. The second-order valence-corrected chi connectivity index (χ2v) is 28.9. The standard InChI is InChI=1S/2C13H29N2.2C11H25N2.2C10H23N2/c1-6-9-13-10-15(5,8-3)11-14(13)12(4)7-2;1-6-9-13-10-14(12(4)7-2)11-15(13,5)8-3;1-5-8-12-10-13(4,7-3)9-11(12)6-2;1-5-8-12-9-11(6-2)13(4,7-3)10-12;1-5-7-11-9-12(4,6-2)8-10(11)3;1-5-7-11-8-10(3)12(4,6-2)9-11/h2*12-13H,6-11H2,1-5H3;2*11H,5-10H2,1-4H3;2*10H,5-9H2,1-4H3/q6*+1/t2*12?,13?,15-;2*11?,13-;2*10?,12-/m101010/s1. The lowest BCUT2D eigenvalue weighted by Crippen LogP contribution is -2.49. The fraction of sp³-hybridized carbons (Fsp3) is 1.00. The van der Waals surface area contributed by atoms with E-state index >= 15 is 0 Å². The monoisotopic (exact) mass is 1140 g/mol. The predicted octanol–water partition coefficient (Wildman–Crippen LogP) is 12.3. The third-order valence-corrected chi connectivity index (χ3v) is 22.1. The molecule has 0 aliphatic carbocycles. The first-order chi connectivity index (χ1) is 37.7. The van der Waals surface area contributed by atoms with Crippen molar-refractivity contribution in [3.05, 3.63) is 0 Å². The average Bonchev–Trinajstić information content (AvgIpc) is 4.28. The molecule has 6 saturated heterocycles. The number of hydrogen-bond donors (Lipinski definition) is 0. The maximum absolute atomic E-state index is 2.74. The molecule has 0 aromatic rings. The third-order valence-electron chi connectivity index (χ3n) is 22.1. The van der Waals surface area contributed by atoms with Crippen LogP contribution in [-0.2, 0) is 0 Å². The van der Waals surface area contributed by atoms with Crippen LogP contribution in [0, 0.1) is 0 Å². The fourth-order valence-electron chi connectivity index (χ4n) is 14.7. The number of likely N-dealkylation sites (N-methyl/N-ethyl adjacent to an activating group) is 6. The quantitative estimate of drug-likeness (QED) is 0.0891. The van der Waals surface area contributed by atoms with Gasteiger partial charge in [-0.15, -0.1) is 0 Å². The molecule has 14 atom stereocenters. The molecule has 8 unspecified atom stereocenters. The first-order valence-corrected chi connectivity index (χ1v) is 35.1. The summed E-state index contributed by atoms with van der Waals surface area (Å²) in [6.07, 6.45) is 15.8. The van der Waals surface area contributed by atoms with Crippen molar-refractivity contribution in [2.24, 2.45) is 0 Å². The van der Waals surface area contributed by atoms with Crippen LogP contribution in [0.3, 0.4) is 0 Å². The molecule has 0 radical (unpaired) electrons. The second kappa shape index (κ2) is 37.9. The van der Waals surface area contributed by atoms with Gasteiger partial charge in [0.05, 0.1) is 139 Å². The summed E-state index contributed by atoms with van der Waals surface area (Å²) >= 11 is 0. The molecule has 6 rings (SSSR count). The van der Waals surface area contributed by atoms with Crippen molar-refractivity contribution < 1.29 is 26.9 Å². The summed E-state index contributed by atoms with van der Waals surface area (Å²) in [5.41, 5.74) is 0. The van der Waals surface area contributed by atoms with E-state index in [4.69, 9.17) is 0 Å². The lowest BCUT2D eigenvalue weighted by molar-refractivity contribution is -0.923. The lowest BCUT2D eigenvalue weighted by atomic mass is 10.1. The molecule has 12 heteroatoms. The van der Waals surface area contributed by atoms with Gasteiger partial charge in [-0.3, -0.25) is 9.80 Å². The van der Waals surface area contributed by atoms with E-state index in [2.05, 4.69) is 210 Å². The zero-order valence-electron chi connectivity index (χ0n) is 60.0. The number of quaternary nitrogens is 6. The third kappa shape index (κ3) is 23.7. The smallest absolute Gasteiger partial charge is 0.135 e. The minimum Gasteiger partial charge on any atom is -0.312 e. The van der Waals surface area contributed by atoms with Crippen LogP contribution in [0.2, 0.25) is 0 Å². The molecular weight excluding hydrogens is 985 g/mol. The molecule has 0 aromatic heterocycles. The first-order valence-electron chi connectivity index (χ1n) is 35.1. The van der Waals surface area contributed by atoms with Crippen molar-refractivity contribution in [3.63, 3.8) is 0 Å². The van der Waals surface area contributed by atoms with E-state index in [1.807, 2.05) is 0 Å². The van der Waals surface area contributed by atoms with Crippen molar-refractivity contribution in [1.29, 1.82) is 0 Å².